The molecule has 1 aliphatic heterocycles. The number of hydrogen-bond donors (Lipinski definition) is 1. The van der Waals surface area contributed by atoms with Crippen LogP contribution in [0, 0.1) is 6.92 Å². The molecule has 0 spiro atoms. The number of hydrogen-bond acceptors (Lipinski definition) is 4. The number of carbonyl (C=O) groups excluding carboxylic acids is 1. The first-order valence-corrected chi connectivity index (χ1v) is 9.06. The van der Waals surface area contributed by atoms with Gasteiger partial charge in [0.1, 0.15) is 0 Å². The van der Waals surface area contributed by atoms with E-state index in [0.29, 0.717) is 11.1 Å². The van der Waals surface area contributed by atoms with Crippen LogP contribution in [0.5, 0.6) is 0 Å². The molecular weight excluding hydrogens is 320 g/mol. The number of nitrogens with zero attached hydrogens (tertiary/aromatic N) is 2. The Bertz CT molecular complexity index is 744. The molecule has 0 bridgehead atoms. The van der Waals surface area contributed by atoms with E-state index in [9.17, 15) is 18.0 Å². The van der Waals surface area contributed by atoms with Gasteiger partial charge in [0.25, 0.3) is 5.91 Å². The molecule has 1 N–H and O–H groups in total. The second-order valence-electron chi connectivity index (χ2n) is 5.75. The quantitative estimate of drug-likeness (QED) is 0.878. The van der Waals surface area contributed by atoms with E-state index in [4.69, 9.17) is 5.11 Å². The second-order valence-corrected chi connectivity index (χ2v) is 7.73. The molecule has 1 fully saturated rings. The molecule has 23 heavy (non-hydrogen) atoms. The van der Waals surface area contributed by atoms with Crippen LogP contribution in [0.3, 0.4) is 0 Å². The molecular formula is C15H20N2O5S. The minimum Gasteiger partial charge on any atom is -0.478 e. The smallest absolute Gasteiger partial charge is 0.335 e. The van der Waals surface area contributed by atoms with E-state index < -0.39 is 16.0 Å². The summed E-state index contributed by atoms with van der Waals surface area (Å²) in [6.45, 7) is 4.15. The van der Waals surface area contributed by atoms with Crippen molar-refractivity contribution < 1.29 is 23.1 Å². The van der Waals surface area contributed by atoms with Crippen LogP contribution in [-0.4, -0.2) is 66.5 Å². The van der Waals surface area contributed by atoms with Gasteiger partial charge in [-0.25, -0.2) is 13.2 Å². The van der Waals surface area contributed by atoms with Crippen molar-refractivity contribution in [1.29, 1.82) is 0 Å². The third-order valence-corrected chi connectivity index (χ3v) is 5.38. The van der Waals surface area contributed by atoms with Gasteiger partial charge < -0.3 is 10.0 Å². The van der Waals surface area contributed by atoms with E-state index in [-0.39, 0.29) is 37.1 Å². The molecule has 1 aromatic carbocycles. The van der Waals surface area contributed by atoms with Gasteiger partial charge in [-0.2, -0.15) is 4.31 Å². The summed E-state index contributed by atoms with van der Waals surface area (Å²) in [6.07, 6.45) is 1.15. The van der Waals surface area contributed by atoms with Crippen LogP contribution < -0.4 is 0 Å². The van der Waals surface area contributed by atoms with Crippen LogP contribution in [0.25, 0.3) is 0 Å². The fourth-order valence-corrected chi connectivity index (χ4v) is 3.68. The Morgan fingerprint density at radius 2 is 1.83 bits per heavy atom. The van der Waals surface area contributed by atoms with Crippen molar-refractivity contribution >= 4 is 21.9 Å². The van der Waals surface area contributed by atoms with Crippen LogP contribution in [0.4, 0.5) is 0 Å². The van der Waals surface area contributed by atoms with Gasteiger partial charge >= 0.3 is 5.97 Å². The predicted octanol–water partition coefficient (Wildman–Crippen LogP) is 0.799. The minimum absolute atomic E-state index is 0.0956. The molecule has 126 valence electrons. The zero-order valence-electron chi connectivity index (χ0n) is 13.3. The number of benzene rings is 1. The molecule has 7 nitrogen and oxygen atoms in total. The average molecular weight is 340 g/mol. The fraction of sp³-hybridized carbons (Fsp3) is 0.467. The van der Waals surface area contributed by atoms with E-state index in [1.54, 1.807) is 30.9 Å². The highest BCUT2D eigenvalue weighted by Crippen LogP contribution is 2.20. The van der Waals surface area contributed by atoms with E-state index in [2.05, 4.69) is 0 Å². The van der Waals surface area contributed by atoms with Gasteiger partial charge in [0.2, 0.25) is 10.0 Å². The Morgan fingerprint density at radius 3 is 2.35 bits per heavy atom. The van der Waals surface area contributed by atoms with Gasteiger partial charge in [-0.15, -0.1) is 0 Å². The highest BCUT2D eigenvalue weighted by molar-refractivity contribution is 7.88. The zero-order valence-corrected chi connectivity index (χ0v) is 14.1. The molecule has 2 rings (SSSR count). The summed E-state index contributed by atoms with van der Waals surface area (Å²) >= 11 is 0. The molecule has 0 aliphatic carbocycles. The Kier molecular flexibility index (Phi) is 4.76. The van der Waals surface area contributed by atoms with Gasteiger partial charge in [-0.3, -0.25) is 4.79 Å². The summed E-state index contributed by atoms with van der Waals surface area (Å²) in [5, 5.41) is 9.16. The topological polar surface area (TPSA) is 95.0 Å². The predicted molar refractivity (Wildman–Crippen MR) is 85.1 cm³/mol. The van der Waals surface area contributed by atoms with Gasteiger partial charge in [0, 0.05) is 31.2 Å². The lowest BCUT2D eigenvalue weighted by Gasteiger charge is -2.39. The zero-order chi connectivity index (χ0) is 17.4. The maximum absolute atomic E-state index is 12.7. The Balaban J connectivity index is 2.26. The summed E-state index contributed by atoms with van der Waals surface area (Å²) in [5.41, 5.74) is 0.852. The Hall–Kier alpha value is -1.93. The van der Waals surface area contributed by atoms with E-state index in [1.165, 1.54) is 10.4 Å². The summed E-state index contributed by atoms with van der Waals surface area (Å²) in [5.74, 6) is -1.35. The van der Waals surface area contributed by atoms with Crippen molar-refractivity contribution in [2.75, 3.05) is 25.9 Å². The number of carbonyl (C=O) groups is 2. The first kappa shape index (κ1) is 17.4. The molecule has 1 aliphatic rings. The summed E-state index contributed by atoms with van der Waals surface area (Å²) < 4.78 is 24.6. The van der Waals surface area contributed by atoms with Gasteiger partial charge in [-0.05, 0) is 31.5 Å². The van der Waals surface area contributed by atoms with E-state index >= 15 is 0 Å². The molecule has 1 unspecified atom stereocenters. The van der Waals surface area contributed by atoms with Gasteiger partial charge in [0.05, 0.1) is 11.8 Å². The van der Waals surface area contributed by atoms with Crippen LogP contribution in [0.2, 0.25) is 0 Å². The Labute approximate surface area is 135 Å². The molecule has 1 aromatic rings. The molecule has 1 saturated heterocycles. The highest BCUT2D eigenvalue weighted by Gasteiger charge is 2.32. The number of piperazine rings is 1. The second kappa shape index (κ2) is 6.29. The maximum atomic E-state index is 12.7. The number of carboxylic acids is 1. The van der Waals surface area contributed by atoms with Crippen molar-refractivity contribution in [3.63, 3.8) is 0 Å². The normalized spacial score (nSPS) is 19.6. The SMILES string of the molecule is Cc1c(C(=O)O)cccc1C(=O)N1CCN(S(C)(=O)=O)CC1C. The van der Waals surface area contributed by atoms with Crippen molar-refractivity contribution in [1.82, 2.24) is 9.21 Å². The van der Waals surface area contributed by atoms with Crippen LogP contribution in [0.1, 0.15) is 33.2 Å². The maximum Gasteiger partial charge on any atom is 0.335 e. The number of rotatable bonds is 3. The summed E-state index contributed by atoms with van der Waals surface area (Å²) in [7, 11) is -3.28. The van der Waals surface area contributed by atoms with Crippen molar-refractivity contribution in [3.8, 4) is 0 Å². The monoisotopic (exact) mass is 340 g/mol. The minimum atomic E-state index is -3.28. The van der Waals surface area contributed by atoms with Crippen molar-refractivity contribution in [3.05, 3.63) is 34.9 Å². The third kappa shape index (κ3) is 3.53. The van der Waals surface area contributed by atoms with E-state index in [1.807, 2.05) is 0 Å². The standard InChI is InChI=1S/C15H20N2O5S/c1-10-9-16(23(3,21)22)7-8-17(10)14(18)12-5-4-6-13(11(12)2)15(19)20/h4-6,10H,7-9H2,1-3H3,(H,19,20). The van der Waals surface area contributed by atoms with Crippen molar-refractivity contribution in [2.45, 2.75) is 19.9 Å². The summed E-state index contributed by atoms with van der Waals surface area (Å²) in [4.78, 5) is 25.5. The van der Waals surface area contributed by atoms with Crippen LogP contribution in [-0.2, 0) is 10.0 Å². The fourth-order valence-electron chi connectivity index (χ4n) is 2.78. The average Bonchev–Trinajstić information content (AvgIpc) is 2.45. The van der Waals surface area contributed by atoms with Crippen molar-refractivity contribution in [2.24, 2.45) is 0 Å². The molecule has 0 aromatic heterocycles. The van der Waals surface area contributed by atoms with Gasteiger partial charge in [0.15, 0.2) is 0 Å². The largest absolute Gasteiger partial charge is 0.478 e. The lowest BCUT2D eigenvalue weighted by Crippen LogP contribution is -2.55. The highest BCUT2D eigenvalue weighted by atomic mass is 32.2. The first-order chi connectivity index (χ1) is 10.6. The third-order valence-electron chi connectivity index (χ3n) is 4.11. The first-order valence-electron chi connectivity index (χ1n) is 7.22. The number of sulfonamides is 1. The molecule has 1 heterocycles. The molecule has 0 radical (unpaired) electrons. The van der Waals surface area contributed by atoms with Crippen LogP contribution in [0.15, 0.2) is 18.2 Å². The Morgan fingerprint density at radius 1 is 1.22 bits per heavy atom. The number of aromatic carboxylic acids is 1. The lowest BCUT2D eigenvalue weighted by atomic mass is 10.0. The molecule has 8 heteroatoms. The summed E-state index contributed by atoms with van der Waals surface area (Å²) in [6, 6.07) is 4.32. The molecule has 0 saturated carbocycles. The van der Waals surface area contributed by atoms with E-state index in [0.717, 1.165) is 6.26 Å². The van der Waals surface area contributed by atoms with Crippen LogP contribution >= 0.6 is 0 Å². The lowest BCUT2D eigenvalue weighted by molar-refractivity contribution is 0.0591. The number of amides is 1. The molecule has 1 atom stereocenters. The molecule has 1 amide bonds. The van der Waals surface area contributed by atoms with Gasteiger partial charge in [-0.1, -0.05) is 6.07 Å². The number of carboxylic acid groups (broad SMARTS) is 1.